The highest BCUT2D eigenvalue weighted by atomic mass is 35.5. The summed E-state index contributed by atoms with van der Waals surface area (Å²) in [5.41, 5.74) is 2.75. The Morgan fingerprint density at radius 2 is 1.97 bits per heavy atom. The van der Waals surface area contributed by atoms with E-state index in [1.54, 1.807) is 12.4 Å². The molecule has 164 valence electrons. The molecule has 0 atom stereocenters. The first kappa shape index (κ1) is 19.9. The van der Waals surface area contributed by atoms with Gasteiger partial charge in [-0.3, -0.25) is 14.4 Å². The fourth-order valence-corrected chi connectivity index (χ4v) is 5.75. The Labute approximate surface area is 193 Å². The molecule has 1 amide bonds. The fraction of sp³-hybridized carbons (Fsp3) is 0.364. The number of carbonyl (C=O) groups excluding carboxylic acids is 1. The standard InChI is InChI=1S/C22H22ClN7OS/c23-19-2-1-18(32-19)22(31)28-7-4-15(5-8-28)29-11-16(12-29)30-10-14(9-27-30)20-17-3-6-24-21(17)26-13-25-20/h1-3,6,9-10,13,15-16H,4-5,7-8,11-12H2,(H,24,25,26). The molecule has 0 spiro atoms. The van der Waals surface area contributed by atoms with Crippen molar-refractivity contribution in [2.24, 2.45) is 0 Å². The second kappa shape index (κ2) is 7.99. The second-order valence-electron chi connectivity index (χ2n) is 8.41. The Balaban J connectivity index is 1.05. The van der Waals surface area contributed by atoms with E-state index in [4.69, 9.17) is 11.6 Å². The van der Waals surface area contributed by atoms with Crippen molar-refractivity contribution in [2.45, 2.75) is 24.9 Å². The first-order valence-corrected chi connectivity index (χ1v) is 12.0. The minimum atomic E-state index is 0.104. The summed E-state index contributed by atoms with van der Waals surface area (Å²) in [5.74, 6) is 0.104. The van der Waals surface area contributed by atoms with Crippen LogP contribution >= 0.6 is 22.9 Å². The van der Waals surface area contributed by atoms with Crippen molar-refractivity contribution in [1.29, 1.82) is 0 Å². The van der Waals surface area contributed by atoms with Gasteiger partial charge in [-0.1, -0.05) is 11.6 Å². The number of carbonyl (C=O) groups is 1. The van der Waals surface area contributed by atoms with E-state index < -0.39 is 0 Å². The SMILES string of the molecule is O=C(c1ccc(Cl)s1)N1CCC(N2CC(n3cc(-c4ncnc5[nH]ccc45)cn3)C2)CC1. The summed E-state index contributed by atoms with van der Waals surface area (Å²) in [5, 5.41) is 5.62. The van der Waals surface area contributed by atoms with E-state index in [0.29, 0.717) is 16.4 Å². The van der Waals surface area contributed by atoms with Gasteiger partial charge >= 0.3 is 0 Å². The number of hydrogen-bond donors (Lipinski definition) is 1. The number of aromatic nitrogens is 5. The first-order chi connectivity index (χ1) is 15.7. The van der Waals surface area contributed by atoms with Gasteiger partial charge in [0.1, 0.15) is 12.0 Å². The molecular formula is C22H22ClN7OS. The molecule has 0 bridgehead atoms. The van der Waals surface area contributed by atoms with E-state index >= 15 is 0 Å². The molecule has 32 heavy (non-hydrogen) atoms. The van der Waals surface area contributed by atoms with Crippen LogP contribution < -0.4 is 0 Å². The van der Waals surface area contributed by atoms with Crippen LogP contribution in [0.15, 0.2) is 43.1 Å². The van der Waals surface area contributed by atoms with E-state index in [1.807, 2.05) is 29.4 Å². The molecular weight excluding hydrogens is 446 g/mol. The topological polar surface area (TPSA) is 82.9 Å². The van der Waals surface area contributed by atoms with Crippen molar-refractivity contribution in [1.82, 2.24) is 34.5 Å². The molecule has 6 heterocycles. The fourth-order valence-electron chi connectivity index (χ4n) is 4.73. The maximum atomic E-state index is 12.6. The van der Waals surface area contributed by atoms with Crippen LogP contribution in [0.2, 0.25) is 4.34 Å². The number of aromatic amines is 1. The van der Waals surface area contributed by atoms with Crippen LogP contribution in [0, 0.1) is 0 Å². The van der Waals surface area contributed by atoms with Gasteiger partial charge in [0.25, 0.3) is 5.91 Å². The Morgan fingerprint density at radius 3 is 2.75 bits per heavy atom. The molecule has 6 rings (SSSR count). The third-order valence-electron chi connectivity index (χ3n) is 6.55. The molecule has 0 saturated carbocycles. The lowest BCUT2D eigenvalue weighted by Gasteiger charge is -2.47. The number of hydrogen-bond acceptors (Lipinski definition) is 6. The Kier molecular flexibility index (Phi) is 4.97. The second-order valence-corrected chi connectivity index (χ2v) is 10.1. The molecule has 1 N–H and O–H groups in total. The van der Waals surface area contributed by atoms with E-state index in [0.717, 1.165) is 66.2 Å². The van der Waals surface area contributed by atoms with Crippen LogP contribution in [-0.2, 0) is 0 Å². The van der Waals surface area contributed by atoms with Crippen molar-refractivity contribution >= 4 is 39.9 Å². The number of rotatable bonds is 4. The average Bonchev–Trinajstić information content (AvgIpc) is 3.53. The highest BCUT2D eigenvalue weighted by Gasteiger charge is 2.36. The van der Waals surface area contributed by atoms with Gasteiger partial charge in [0.15, 0.2) is 0 Å². The molecule has 2 aliphatic rings. The summed E-state index contributed by atoms with van der Waals surface area (Å²) in [6, 6.07) is 6.51. The zero-order valence-corrected chi connectivity index (χ0v) is 18.9. The predicted molar refractivity (Wildman–Crippen MR) is 124 cm³/mol. The van der Waals surface area contributed by atoms with Crippen molar-refractivity contribution in [3.8, 4) is 11.3 Å². The number of likely N-dealkylation sites (tertiary alicyclic amines) is 2. The van der Waals surface area contributed by atoms with Gasteiger partial charge in [-0.05, 0) is 31.0 Å². The highest BCUT2D eigenvalue weighted by Crippen LogP contribution is 2.31. The summed E-state index contributed by atoms with van der Waals surface area (Å²) >= 11 is 7.34. The summed E-state index contributed by atoms with van der Waals surface area (Å²) in [6.45, 7) is 3.58. The van der Waals surface area contributed by atoms with Crippen LogP contribution in [0.1, 0.15) is 28.6 Å². The third-order valence-corrected chi connectivity index (χ3v) is 7.76. The average molecular weight is 468 g/mol. The number of H-pyrrole nitrogens is 1. The van der Waals surface area contributed by atoms with Crippen LogP contribution in [0.5, 0.6) is 0 Å². The van der Waals surface area contributed by atoms with Crippen LogP contribution in [-0.4, -0.2) is 72.7 Å². The molecule has 2 aliphatic heterocycles. The van der Waals surface area contributed by atoms with Gasteiger partial charge in [0, 0.05) is 55.6 Å². The van der Waals surface area contributed by atoms with Gasteiger partial charge in [-0.15, -0.1) is 11.3 Å². The minimum absolute atomic E-state index is 0.104. The number of amides is 1. The van der Waals surface area contributed by atoms with Crippen LogP contribution in [0.3, 0.4) is 0 Å². The molecule has 0 aromatic carbocycles. The molecule has 4 aromatic rings. The van der Waals surface area contributed by atoms with Crippen molar-refractivity contribution in [3.05, 3.63) is 52.3 Å². The number of nitrogens with one attached hydrogen (secondary N) is 1. The van der Waals surface area contributed by atoms with Crippen LogP contribution in [0.25, 0.3) is 22.3 Å². The van der Waals surface area contributed by atoms with E-state index in [9.17, 15) is 4.79 Å². The number of thiophene rings is 1. The minimum Gasteiger partial charge on any atom is -0.346 e. The smallest absolute Gasteiger partial charge is 0.263 e. The lowest BCUT2D eigenvalue weighted by atomic mass is 9.97. The quantitative estimate of drug-likeness (QED) is 0.495. The van der Waals surface area contributed by atoms with Gasteiger partial charge in [-0.25, -0.2) is 9.97 Å². The summed E-state index contributed by atoms with van der Waals surface area (Å²) in [4.78, 5) is 29.7. The number of halogens is 1. The lowest BCUT2D eigenvalue weighted by molar-refractivity contribution is 0.0199. The Hall–Kier alpha value is -2.75. The van der Waals surface area contributed by atoms with Gasteiger partial charge < -0.3 is 9.88 Å². The molecule has 0 aliphatic carbocycles. The normalized spacial score (nSPS) is 18.3. The Bertz CT molecular complexity index is 1270. The zero-order chi connectivity index (χ0) is 21.7. The molecule has 8 nitrogen and oxygen atoms in total. The molecule has 0 radical (unpaired) electrons. The van der Waals surface area contributed by atoms with Gasteiger partial charge in [0.05, 0.1) is 27.1 Å². The molecule has 2 saturated heterocycles. The molecule has 2 fully saturated rings. The summed E-state index contributed by atoms with van der Waals surface area (Å²) in [6.07, 6.45) is 9.46. The van der Waals surface area contributed by atoms with Gasteiger partial charge in [-0.2, -0.15) is 5.10 Å². The van der Waals surface area contributed by atoms with Crippen molar-refractivity contribution < 1.29 is 4.79 Å². The van der Waals surface area contributed by atoms with Gasteiger partial charge in [0.2, 0.25) is 0 Å². The van der Waals surface area contributed by atoms with E-state index in [-0.39, 0.29) is 5.91 Å². The number of nitrogens with zero attached hydrogens (tertiary/aromatic N) is 6. The largest absolute Gasteiger partial charge is 0.346 e. The number of fused-ring (bicyclic) bond motifs is 1. The van der Waals surface area contributed by atoms with E-state index in [2.05, 4.69) is 35.8 Å². The number of piperidine rings is 1. The molecule has 0 unspecified atom stereocenters. The monoisotopic (exact) mass is 467 g/mol. The third kappa shape index (κ3) is 3.50. The molecule has 4 aromatic heterocycles. The zero-order valence-electron chi connectivity index (χ0n) is 17.3. The predicted octanol–water partition coefficient (Wildman–Crippen LogP) is 3.70. The summed E-state index contributed by atoms with van der Waals surface area (Å²) < 4.78 is 2.72. The summed E-state index contributed by atoms with van der Waals surface area (Å²) in [7, 11) is 0. The van der Waals surface area contributed by atoms with Crippen LogP contribution in [0.4, 0.5) is 0 Å². The lowest BCUT2D eigenvalue weighted by Crippen LogP contribution is -2.56. The van der Waals surface area contributed by atoms with Crippen molar-refractivity contribution in [3.63, 3.8) is 0 Å². The molecule has 10 heteroatoms. The Morgan fingerprint density at radius 1 is 1.12 bits per heavy atom. The first-order valence-electron chi connectivity index (χ1n) is 10.8. The highest BCUT2D eigenvalue weighted by molar-refractivity contribution is 7.17. The maximum Gasteiger partial charge on any atom is 0.263 e. The van der Waals surface area contributed by atoms with Crippen molar-refractivity contribution in [2.75, 3.05) is 26.2 Å². The maximum absolute atomic E-state index is 12.6. The van der Waals surface area contributed by atoms with E-state index in [1.165, 1.54) is 11.3 Å².